The normalized spacial score (nSPS) is 13.9. The predicted molar refractivity (Wildman–Crippen MR) is 228 cm³/mol. The molecule has 4 nitrogen and oxygen atoms in total. The van der Waals surface area contributed by atoms with Crippen LogP contribution in [0, 0.1) is 12.8 Å². The summed E-state index contributed by atoms with van der Waals surface area (Å²) in [5, 5.41) is 15.9. The lowest BCUT2D eigenvalue weighted by molar-refractivity contribution is 0.129. The van der Waals surface area contributed by atoms with Crippen LogP contribution in [0.15, 0.2) is 150 Å². The molecule has 280 valence electrons. The Bertz CT molecular complexity index is 1670. The van der Waals surface area contributed by atoms with E-state index < -0.39 is 33.5 Å². The number of hydrogen-bond acceptors (Lipinski definition) is 4. The second-order valence-electron chi connectivity index (χ2n) is 16.4. The van der Waals surface area contributed by atoms with Gasteiger partial charge in [0.05, 0.1) is 22.7 Å². The average Bonchev–Trinajstić information content (AvgIpc) is 3.15. The standard InChI is InChI=1S/C46H58O4SSi2/c1-37-28-32-40(33-29-37)51(48)36-39(47)31-30-38(34-49-52(45(2,3)4,41-20-12-8-13-21-41)42-22-14-9-15-23-42)35-50-53(46(5,6)7,43-24-16-10-17-25-43)44-26-18-11-19-27-44/h8-29,32-33,38-39,47H,30-31,34-36H2,1-7H3/t39?,51-/m1/s1. The molecular formula is C46H58O4SSi2. The Morgan fingerprint density at radius 3 is 1.21 bits per heavy atom. The molecule has 0 aliphatic carbocycles. The first-order valence-corrected chi connectivity index (χ1v) is 24.0. The highest BCUT2D eigenvalue weighted by molar-refractivity contribution is 7.85. The summed E-state index contributed by atoms with van der Waals surface area (Å²) in [6.45, 7) is 16.8. The second kappa shape index (κ2) is 17.8. The van der Waals surface area contributed by atoms with E-state index in [4.69, 9.17) is 8.85 Å². The van der Waals surface area contributed by atoms with Crippen LogP contribution in [0.2, 0.25) is 10.1 Å². The molecule has 53 heavy (non-hydrogen) atoms. The molecule has 5 aromatic carbocycles. The van der Waals surface area contributed by atoms with Gasteiger partial charge in [0.2, 0.25) is 0 Å². The molecule has 0 saturated heterocycles. The Labute approximate surface area is 323 Å². The van der Waals surface area contributed by atoms with Crippen LogP contribution in [0.1, 0.15) is 59.9 Å². The van der Waals surface area contributed by atoms with Crippen molar-refractivity contribution in [3.05, 3.63) is 151 Å². The second-order valence-corrected chi connectivity index (χ2v) is 26.5. The molecule has 0 fully saturated rings. The van der Waals surface area contributed by atoms with Gasteiger partial charge in [0.1, 0.15) is 0 Å². The van der Waals surface area contributed by atoms with E-state index in [-0.39, 0.29) is 21.7 Å². The van der Waals surface area contributed by atoms with Crippen LogP contribution >= 0.6 is 0 Å². The molecule has 0 radical (unpaired) electrons. The smallest absolute Gasteiger partial charge is 0.261 e. The van der Waals surface area contributed by atoms with E-state index in [0.29, 0.717) is 26.1 Å². The zero-order valence-electron chi connectivity index (χ0n) is 32.6. The van der Waals surface area contributed by atoms with Gasteiger partial charge in [0.15, 0.2) is 0 Å². The Morgan fingerprint density at radius 1 is 0.547 bits per heavy atom. The Hall–Kier alpha value is -3.44. The van der Waals surface area contributed by atoms with Gasteiger partial charge in [-0.1, -0.05) is 181 Å². The SMILES string of the molecule is Cc1ccc([S@](=O)CC(O)CCC(CO[Si](c2ccccc2)(c2ccccc2)C(C)(C)C)CO[Si](c2ccccc2)(c2ccccc2)C(C)(C)C)cc1. The van der Waals surface area contributed by atoms with Gasteiger partial charge in [-0.05, 0) is 62.7 Å². The fourth-order valence-corrected chi connectivity index (χ4v) is 18.1. The van der Waals surface area contributed by atoms with Gasteiger partial charge in [0, 0.05) is 24.0 Å². The van der Waals surface area contributed by atoms with Gasteiger partial charge in [-0.3, -0.25) is 4.21 Å². The van der Waals surface area contributed by atoms with Crippen molar-refractivity contribution in [2.24, 2.45) is 5.92 Å². The van der Waals surface area contributed by atoms with E-state index in [1.165, 1.54) is 20.7 Å². The number of hydrogen-bond donors (Lipinski definition) is 1. The molecule has 0 aliphatic heterocycles. The summed E-state index contributed by atoms with van der Waals surface area (Å²) < 4.78 is 28.3. The summed E-state index contributed by atoms with van der Waals surface area (Å²) in [5.41, 5.74) is 1.12. The van der Waals surface area contributed by atoms with E-state index in [0.717, 1.165) is 10.5 Å². The van der Waals surface area contributed by atoms with Crippen molar-refractivity contribution in [3.8, 4) is 0 Å². The first-order chi connectivity index (χ1) is 25.3. The molecule has 7 heteroatoms. The van der Waals surface area contributed by atoms with Crippen LogP contribution < -0.4 is 20.7 Å². The molecular weight excluding hydrogens is 705 g/mol. The average molecular weight is 763 g/mol. The van der Waals surface area contributed by atoms with Crippen molar-refractivity contribution >= 4 is 48.2 Å². The van der Waals surface area contributed by atoms with E-state index >= 15 is 0 Å². The summed E-state index contributed by atoms with van der Waals surface area (Å²) in [5.74, 6) is 0.168. The number of rotatable bonds is 16. The Balaban J connectivity index is 1.51. The maximum absolute atomic E-state index is 13.3. The molecule has 0 bridgehead atoms. The van der Waals surface area contributed by atoms with Gasteiger partial charge in [-0.2, -0.15) is 0 Å². The first-order valence-electron chi connectivity index (χ1n) is 18.9. The number of aliphatic hydroxyl groups excluding tert-OH is 1. The third-order valence-corrected chi connectivity index (χ3v) is 21.9. The highest BCUT2D eigenvalue weighted by atomic mass is 32.2. The quantitative estimate of drug-likeness (QED) is 0.104. The van der Waals surface area contributed by atoms with E-state index in [2.05, 4.69) is 163 Å². The molecule has 1 N–H and O–H groups in total. The summed E-state index contributed by atoms with van der Waals surface area (Å²) in [6, 6.07) is 50.7. The molecule has 0 heterocycles. The molecule has 0 saturated carbocycles. The lowest BCUT2D eigenvalue weighted by atomic mass is 10.0. The van der Waals surface area contributed by atoms with E-state index in [1.54, 1.807) is 0 Å². The zero-order chi connectivity index (χ0) is 38.1. The van der Waals surface area contributed by atoms with Gasteiger partial charge >= 0.3 is 0 Å². The Kier molecular flexibility index (Phi) is 13.7. The number of aliphatic hydroxyl groups is 1. The molecule has 2 atom stereocenters. The van der Waals surface area contributed by atoms with E-state index in [9.17, 15) is 9.32 Å². The first kappa shape index (κ1) is 40.7. The van der Waals surface area contributed by atoms with Crippen LogP contribution in [0.25, 0.3) is 0 Å². The fraction of sp³-hybridized carbons (Fsp3) is 0.348. The van der Waals surface area contributed by atoms with Crippen molar-refractivity contribution < 1.29 is 18.2 Å². The van der Waals surface area contributed by atoms with Crippen molar-refractivity contribution in [2.75, 3.05) is 19.0 Å². The van der Waals surface area contributed by atoms with Crippen molar-refractivity contribution in [1.82, 2.24) is 0 Å². The lowest BCUT2D eigenvalue weighted by Gasteiger charge is -2.45. The third kappa shape index (κ3) is 9.45. The minimum Gasteiger partial charge on any atom is -0.407 e. The minimum absolute atomic E-state index is 0.0271. The number of benzene rings is 5. The van der Waals surface area contributed by atoms with Crippen LogP contribution in [0.5, 0.6) is 0 Å². The summed E-state index contributed by atoms with van der Waals surface area (Å²) in [7, 11) is -6.97. The highest BCUT2D eigenvalue weighted by Crippen LogP contribution is 2.39. The summed E-state index contributed by atoms with van der Waals surface area (Å²) in [6.07, 6.45) is 0.444. The Morgan fingerprint density at radius 2 is 0.887 bits per heavy atom. The summed E-state index contributed by atoms with van der Waals surface area (Å²) in [4.78, 5) is 0.747. The van der Waals surface area contributed by atoms with Crippen molar-refractivity contribution in [3.63, 3.8) is 0 Å². The largest absolute Gasteiger partial charge is 0.407 e. The molecule has 5 rings (SSSR count). The third-order valence-electron chi connectivity index (χ3n) is 10.4. The maximum Gasteiger partial charge on any atom is 0.261 e. The maximum atomic E-state index is 13.3. The zero-order valence-corrected chi connectivity index (χ0v) is 35.4. The van der Waals surface area contributed by atoms with Crippen molar-refractivity contribution in [2.45, 2.75) is 82.4 Å². The number of aryl methyl sites for hydroxylation is 1. The monoisotopic (exact) mass is 762 g/mol. The highest BCUT2D eigenvalue weighted by Gasteiger charge is 2.52. The van der Waals surface area contributed by atoms with Gasteiger partial charge in [-0.15, -0.1) is 0 Å². The fourth-order valence-electron chi connectivity index (χ4n) is 7.70. The molecule has 0 aromatic heterocycles. The van der Waals surface area contributed by atoms with Crippen LogP contribution in [-0.4, -0.2) is 51.0 Å². The minimum atomic E-state index is -2.84. The summed E-state index contributed by atoms with van der Waals surface area (Å²) >= 11 is 0. The van der Waals surface area contributed by atoms with Gasteiger partial charge in [-0.25, -0.2) is 0 Å². The molecule has 0 spiro atoms. The van der Waals surface area contributed by atoms with Crippen LogP contribution in [-0.2, 0) is 19.7 Å². The topological polar surface area (TPSA) is 55.8 Å². The van der Waals surface area contributed by atoms with Crippen LogP contribution in [0.3, 0.4) is 0 Å². The molecule has 1 unspecified atom stereocenters. The molecule has 0 aliphatic rings. The van der Waals surface area contributed by atoms with Crippen LogP contribution in [0.4, 0.5) is 0 Å². The molecule has 0 amide bonds. The van der Waals surface area contributed by atoms with Gasteiger partial charge in [0.25, 0.3) is 16.6 Å². The molecule has 5 aromatic rings. The van der Waals surface area contributed by atoms with E-state index in [1.807, 2.05) is 31.2 Å². The van der Waals surface area contributed by atoms with Crippen molar-refractivity contribution in [1.29, 1.82) is 0 Å². The van der Waals surface area contributed by atoms with Gasteiger partial charge < -0.3 is 14.0 Å². The lowest BCUT2D eigenvalue weighted by Crippen LogP contribution is -2.67. The predicted octanol–water partition coefficient (Wildman–Crippen LogP) is 8.01.